The lowest BCUT2D eigenvalue weighted by molar-refractivity contribution is 0.169. The normalized spacial score (nSPS) is 12.4. The van der Waals surface area contributed by atoms with Crippen molar-refractivity contribution in [2.45, 2.75) is 46.3 Å². The lowest BCUT2D eigenvalue weighted by Gasteiger charge is -2.16. The minimum absolute atomic E-state index is 0.547. The molecule has 1 aromatic carbocycles. The molecule has 0 saturated carbocycles. The molecule has 0 aliphatic heterocycles. The van der Waals surface area contributed by atoms with Gasteiger partial charge in [-0.3, -0.25) is 4.68 Å². The van der Waals surface area contributed by atoms with Crippen LogP contribution in [0.3, 0.4) is 0 Å². The van der Waals surface area contributed by atoms with E-state index in [1.807, 2.05) is 35.9 Å². The first-order chi connectivity index (χ1) is 10.2. The van der Waals surface area contributed by atoms with Crippen LogP contribution < -0.4 is 4.74 Å². The lowest BCUT2D eigenvalue weighted by atomic mass is 10.0. The van der Waals surface area contributed by atoms with E-state index in [1.54, 1.807) is 0 Å². The predicted molar refractivity (Wildman–Crippen MR) is 83.6 cm³/mol. The third kappa shape index (κ3) is 3.64. The summed E-state index contributed by atoms with van der Waals surface area (Å²) in [6.07, 6.45) is 0.871. The minimum Gasteiger partial charge on any atom is -0.493 e. The average molecular weight is 288 g/mol. The van der Waals surface area contributed by atoms with Crippen molar-refractivity contribution in [1.82, 2.24) is 9.78 Å². The van der Waals surface area contributed by atoms with Gasteiger partial charge in [0.05, 0.1) is 18.4 Å². The molecular formula is C17H24N2O2. The molecule has 4 heteroatoms. The van der Waals surface area contributed by atoms with Gasteiger partial charge in [0.15, 0.2) is 0 Å². The highest BCUT2D eigenvalue weighted by atomic mass is 16.5. The molecule has 1 atom stereocenters. The number of ether oxygens (including phenoxy) is 1. The molecule has 0 spiro atoms. The Morgan fingerprint density at radius 3 is 2.67 bits per heavy atom. The van der Waals surface area contributed by atoms with E-state index < -0.39 is 6.10 Å². The zero-order valence-corrected chi connectivity index (χ0v) is 13.0. The molecule has 4 nitrogen and oxygen atoms in total. The quantitative estimate of drug-likeness (QED) is 0.851. The lowest BCUT2D eigenvalue weighted by Crippen LogP contribution is -2.09. The Balaban J connectivity index is 2.21. The van der Waals surface area contributed by atoms with Crippen LogP contribution in [0.2, 0.25) is 0 Å². The molecule has 114 valence electrons. The first-order valence-corrected chi connectivity index (χ1v) is 7.64. The molecule has 0 radical (unpaired) electrons. The van der Waals surface area contributed by atoms with Gasteiger partial charge in [-0.1, -0.05) is 25.1 Å². The molecular weight excluding hydrogens is 264 g/mol. The van der Waals surface area contributed by atoms with Gasteiger partial charge in [0, 0.05) is 24.2 Å². The molecule has 1 unspecified atom stereocenters. The fourth-order valence-electron chi connectivity index (χ4n) is 2.48. The van der Waals surface area contributed by atoms with E-state index in [0.717, 1.165) is 35.7 Å². The molecule has 1 heterocycles. The Bertz CT molecular complexity index is 578. The van der Waals surface area contributed by atoms with E-state index in [0.29, 0.717) is 13.0 Å². The van der Waals surface area contributed by atoms with Crippen molar-refractivity contribution in [2.24, 2.45) is 0 Å². The number of aryl methyl sites for hydroxylation is 2. The summed E-state index contributed by atoms with van der Waals surface area (Å²) in [5, 5.41) is 15.1. The number of hydrogen-bond acceptors (Lipinski definition) is 3. The van der Waals surface area contributed by atoms with Crippen LogP contribution in [0, 0.1) is 0 Å². The summed E-state index contributed by atoms with van der Waals surface area (Å²) < 4.78 is 7.56. The van der Waals surface area contributed by atoms with E-state index in [2.05, 4.69) is 25.0 Å². The average Bonchev–Trinajstić information content (AvgIpc) is 2.90. The second-order valence-electron chi connectivity index (χ2n) is 4.99. The van der Waals surface area contributed by atoms with Crippen molar-refractivity contribution >= 4 is 0 Å². The minimum atomic E-state index is -0.584. The van der Waals surface area contributed by atoms with Crippen LogP contribution in [0.25, 0.3) is 0 Å². The van der Waals surface area contributed by atoms with E-state index in [4.69, 9.17) is 4.74 Å². The van der Waals surface area contributed by atoms with E-state index in [-0.39, 0.29) is 0 Å². The van der Waals surface area contributed by atoms with Gasteiger partial charge in [0.2, 0.25) is 0 Å². The Hall–Kier alpha value is -1.81. The molecule has 0 fully saturated rings. The van der Waals surface area contributed by atoms with Crippen molar-refractivity contribution in [3.8, 4) is 5.75 Å². The van der Waals surface area contributed by atoms with Gasteiger partial charge in [-0.05, 0) is 32.4 Å². The Morgan fingerprint density at radius 2 is 2.00 bits per heavy atom. The van der Waals surface area contributed by atoms with Crippen molar-refractivity contribution in [3.05, 3.63) is 47.3 Å². The van der Waals surface area contributed by atoms with Crippen LogP contribution in [0.15, 0.2) is 30.3 Å². The zero-order valence-electron chi connectivity index (χ0n) is 13.0. The molecule has 1 aromatic heterocycles. The van der Waals surface area contributed by atoms with Gasteiger partial charge >= 0.3 is 0 Å². The monoisotopic (exact) mass is 288 g/mol. The van der Waals surface area contributed by atoms with Gasteiger partial charge in [0.1, 0.15) is 5.75 Å². The number of aromatic nitrogens is 2. The third-order valence-corrected chi connectivity index (χ3v) is 3.56. The summed E-state index contributed by atoms with van der Waals surface area (Å²) in [4.78, 5) is 0. The predicted octanol–water partition coefficient (Wildman–Crippen LogP) is 3.14. The Kier molecular flexibility index (Phi) is 5.39. The van der Waals surface area contributed by atoms with Gasteiger partial charge in [0.25, 0.3) is 0 Å². The summed E-state index contributed by atoms with van der Waals surface area (Å²) in [5.41, 5.74) is 2.96. The van der Waals surface area contributed by atoms with Crippen LogP contribution in [0.4, 0.5) is 0 Å². The molecule has 0 bridgehead atoms. The smallest absolute Gasteiger partial charge is 0.125 e. The first-order valence-electron chi connectivity index (χ1n) is 7.64. The number of rotatable bonds is 7. The summed E-state index contributed by atoms with van der Waals surface area (Å²) in [6, 6.07) is 9.75. The van der Waals surface area contributed by atoms with Crippen molar-refractivity contribution in [1.29, 1.82) is 0 Å². The molecule has 0 amide bonds. The van der Waals surface area contributed by atoms with Crippen molar-refractivity contribution in [2.75, 3.05) is 6.61 Å². The number of benzene rings is 1. The maximum atomic E-state index is 10.6. The van der Waals surface area contributed by atoms with Gasteiger partial charge in [-0.25, -0.2) is 0 Å². The Morgan fingerprint density at radius 1 is 1.24 bits per heavy atom. The fraction of sp³-hybridized carbons (Fsp3) is 0.471. The number of aliphatic hydroxyl groups excluding tert-OH is 1. The topological polar surface area (TPSA) is 47.3 Å². The second-order valence-corrected chi connectivity index (χ2v) is 4.99. The van der Waals surface area contributed by atoms with Crippen molar-refractivity contribution < 1.29 is 9.84 Å². The largest absolute Gasteiger partial charge is 0.493 e. The van der Waals surface area contributed by atoms with E-state index in [9.17, 15) is 5.11 Å². The van der Waals surface area contributed by atoms with Gasteiger partial charge in [-0.15, -0.1) is 0 Å². The number of para-hydroxylation sites is 1. The van der Waals surface area contributed by atoms with E-state index in [1.165, 1.54) is 0 Å². The zero-order chi connectivity index (χ0) is 15.2. The number of aliphatic hydroxyl groups is 1. The molecule has 21 heavy (non-hydrogen) atoms. The highest BCUT2D eigenvalue weighted by Crippen LogP contribution is 2.27. The molecule has 0 saturated heterocycles. The standard InChI is InChI=1S/C17H24N2O2/c1-4-13-11-14(19(5-2)18-13)12-16(20)15-9-7-8-10-17(15)21-6-3/h7-11,16,20H,4-6,12H2,1-3H3. The van der Waals surface area contributed by atoms with E-state index >= 15 is 0 Å². The number of hydrogen-bond donors (Lipinski definition) is 1. The van der Waals surface area contributed by atoms with Crippen LogP contribution in [-0.4, -0.2) is 21.5 Å². The molecule has 0 aliphatic carbocycles. The molecule has 0 aliphatic rings. The van der Waals surface area contributed by atoms with Gasteiger partial charge < -0.3 is 9.84 Å². The van der Waals surface area contributed by atoms with Crippen LogP contribution in [0.5, 0.6) is 5.75 Å². The fourth-order valence-corrected chi connectivity index (χ4v) is 2.48. The first kappa shape index (κ1) is 15.6. The van der Waals surface area contributed by atoms with Crippen LogP contribution >= 0.6 is 0 Å². The summed E-state index contributed by atoms with van der Waals surface area (Å²) in [7, 11) is 0. The summed E-state index contributed by atoms with van der Waals surface area (Å²) in [6.45, 7) is 7.51. The second kappa shape index (κ2) is 7.27. The molecule has 1 N–H and O–H groups in total. The maximum Gasteiger partial charge on any atom is 0.125 e. The highest BCUT2D eigenvalue weighted by molar-refractivity contribution is 5.35. The third-order valence-electron chi connectivity index (χ3n) is 3.56. The SMILES string of the molecule is CCOc1ccccc1C(O)Cc1cc(CC)nn1CC. The summed E-state index contributed by atoms with van der Waals surface area (Å²) >= 11 is 0. The maximum absolute atomic E-state index is 10.6. The molecule has 2 aromatic rings. The van der Waals surface area contributed by atoms with Crippen molar-refractivity contribution in [3.63, 3.8) is 0 Å². The van der Waals surface area contributed by atoms with Crippen LogP contribution in [0.1, 0.15) is 43.8 Å². The van der Waals surface area contributed by atoms with Crippen LogP contribution in [-0.2, 0) is 19.4 Å². The number of nitrogens with zero attached hydrogens (tertiary/aromatic N) is 2. The highest BCUT2D eigenvalue weighted by Gasteiger charge is 2.16. The Labute approximate surface area is 126 Å². The summed E-state index contributed by atoms with van der Waals surface area (Å²) in [5.74, 6) is 0.755. The van der Waals surface area contributed by atoms with Gasteiger partial charge in [-0.2, -0.15) is 5.10 Å². The molecule has 2 rings (SSSR count).